The highest BCUT2D eigenvalue weighted by molar-refractivity contribution is 7.80. The molecule has 0 fully saturated rings. The number of guanidine groups is 1. The monoisotopic (exact) mass is 493 g/mol. The van der Waals surface area contributed by atoms with E-state index in [1.54, 1.807) is 0 Å². The Labute approximate surface area is 194 Å². The number of aliphatic imine (C=N–C) groups is 1. The highest BCUT2D eigenvalue weighted by Crippen LogP contribution is 2.03. The summed E-state index contributed by atoms with van der Waals surface area (Å²) in [5.41, 5.74) is 15.9. The molecule has 3 amide bonds. The fraction of sp³-hybridized carbons (Fsp3) is 0.647. The summed E-state index contributed by atoms with van der Waals surface area (Å²) >= 11 is 3.84. The topological polar surface area (TPSA) is 273 Å². The van der Waals surface area contributed by atoms with Crippen LogP contribution in [0, 0.1) is 0 Å². The van der Waals surface area contributed by atoms with Gasteiger partial charge in [-0.2, -0.15) is 12.6 Å². The van der Waals surface area contributed by atoms with E-state index < -0.39 is 66.4 Å². The maximum absolute atomic E-state index is 12.5. The summed E-state index contributed by atoms with van der Waals surface area (Å²) in [5, 5.41) is 34.7. The number of nitrogens with zero attached hydrogens (tertiary/aromatic N) is 1. The summed E-state index contributed by atoms with van der Waals surface area (Å²) in [7, 11) is 0. The van der Waals surface area contributed by atoms with Crippen LogP contribution < -0.4 is 33.2 Å². The lowest BCUT2D eigenvalue weighted by molar-refractivity contribution is -0.144. The van der Waals surface area contributed by atoms with E-state index >= 15 is 0 Å². The zero-order valence-electron chi connectivity index (χ0n) is 17.9. The third-order valence-corrected chi connectivity index (χ3v) is 4.56. The first-order valence-electron chi connectivity index (χ1n) is 9.75. The molecule has 0 saturated heterocycles. The van der Waals surface area contributed by atoms with Crippen LogP contribution in [0.1, 0.15) is 26.2 Å². The lowest BCUT2D eigenvalue weighted by Crippen LogP contribution is -2.60. The number of carbonyl (C=O) groups excluding carboxylic acids is 3. The van der Waals surface area contributed by atoms with Crippen LogP contribution in [0.15, 0.2) is 4.99 Å². The zero-order valence-corrected chi connectivity index (χ0v) is 18.8. The standard InChI is InChI=1S/C17H31N7O8S/c1-7(25)12(15(30)22-9(16(31)32)3-2-4-21-17(19)20)24-14(29)10(5-11(26)27)23-13(28)8(18)6-33/h7-10,12,25,33H,2-6,18H2,1H3,(H,22,30)(H,23,28)(H,24,29)(H,26,27)(H,31,32)(H4,19,20,21). The van der Waals surface area contributed by atoms with Crippen molar-refractivity contribution in [2.45, 2.75) is 56.5 Å². The van der Waals surface area contributed by atoms with Crippen molar-refractivity contribution in [1.29, 1.82) is 0 Å². The fourth-order valence-corrected chi connectivity index (χ4v) is 2.59. The smallest absolute Gasteiger partial charge is 0.326 e. The van der Waals surface area contributed by atoms with E-state index in [1.165, 1.54) is 0 Å². The van der Waals surface area contributed by atoms with Gasteiger partial charge in [-0.05, 0) is 19.8 Å². The van der Waals surface area contributed by atoms with Crippen molar-refractivity contribution < 1.29 is 39.3 Å². The Hall–Kier alpha value is -3.11. The van der Waals surface area contributed by atoms with Crippen molar-refractivity contribution in [3.63, 3.8) is 0 Å². The van der Waals surface area contributed by atoms with E-state index in [0.717, 1.165) is 6.92 Å². The first-order valence-corrected chi connectivity index (χ1v) is 10.4. The number of amides is 3. The quantitative estimate of drug-likeness (QED) is 0.0451. The number of nitrogens with two attached hydrogens (primary N) is 3. The molecular formula is C17H31N7O8S. The zero-order chi connectivity index (χ0) is 25.7. The van der Waals surface area contributed by atoms with Gasteiger partial charge in [0, 0.05) is 12.3 Å². The lowest BCUT2D eigenvalue weighted by Gasteiger charge is -2.26. The van der Waals surface area contributed by atoms with Gasteiger partial charge >= 0.3 is 11.9 Å². The van der Waals surface area contributed by atoms with Gasteiger partial charge in [0.15, 0.2) is 5.96 Å². The molecule has 0 aliphatic rings. The molecule has 0 rings (SSSR count). The number of carboxylic acids is 2. The molecule has 0 aliphatic heterocycles. The van der Waals surface area contributed by atoms with Crippen LogP contribution >= 0.6 is 12.6 Å². The summed E-state index contributed by atoms with van der Waals surface area (Å²) in [6.45, 7) is 1.27. The summed E-state index contributed by atoms with van der Waals surface area (Å²) in [6, 6.07) is -5.77. The van der Waals surface area contributed by atoms with Crippen LogP contribution in [0.25, 0.3) is 0 Å². The van der Waals surface area contributed by atoms with Crippen molar-refractivity contribution in [2.24, 2.45) is 22.2 Å². The predicted octanol–water partition coefficient (Wildman–Crippen LogP) is -4.31. The summed E-state index contributed by atoms with van der Waals surface area (Å²) < 4.78 is 0. The minimum Gasteiger partial charge on any atom is -0.481 e. The van der Waals surface area contributed by atoms with Gasteiger partial charge in [0.2, 0.25) is 17.7 Å². The number of nitrogens with one attached hydrogen (secondary N) is 3. The van der Waals surface area contributed by atoms with Crippen LogP contribution in [-0.4, -0.2) is 93.5 Å². The molecule has 5 atom stereocenters. The van der Waals surface area contributed by atoms with E-state index in [9.17, 15) is 34.2 Å². The molecule has 0 aromatic heterocycles. The maximum Gasteiger partial charge on any atom is 0.326 e. The Balaban J connectivity index is 5.34. The minimum atomic E-state index is -1.65. The second-order valence-corrected chi connectivity index (χ2v) is 7.39. The predicted molar refractivity (Wildman–Crippen MR) is 119 cm³/mol. The first-order chi connectivity index (χ1) is 15.3. The van der Waals surface area contributed by atoms with Gasteiger partial charge < -0.3 is 48.5 Å². The van der Waals surface area contributed by atoms with Gasteiger partial charge in [-0.25, -0.2) is 4.79 Å². The van der Waals surface area contributed by atoms with E-state index in [2.05, 4.69) is 33.6 Å². The molecule has 0 heterocycles. The number of carbonyl (C=O) groups is 5. The Morgan fingerprint density at radius 2 is 1.55 bits per heavy atom. The number of rotatable bonds is 15. The highest BCUT2D eigenvalue weighted by atomic mass is 32.1. The van der Waals surface area contributed by atoms with E-state index in [-0.39, 0.29) is 31.1 Å². The second-order valence-electron chi connectivity index (χ2n) is 7.02. The number of carboxylic acid groups (broad SMARTS) is 2. The molecule has 33 heavy (non-hydrogen) atoms. The molecule has 16 heteroatoms. The number of aliphatic hydroxyl groups excluding tert-OH is 1. The molecule has 0 saturated carbocycles. The third-order valence-electron chi connectivity index (χ3n) is 4.17. The van der Waals surface area contributed by atoms with Gasteiger partial charge in [0.05, 0.1) is 18.6 Å². The summed E-state index contributed by atoms with van der Waals surface area (Å²) in [4.78, 5) is 63.2. The molecule has 12 N–H and O–H groups in total. The van der Waals surface area contributed by atoms with Gasteiger partial charge in [-0.3, -0.25) is 24.2 Å². The SMILES string of the molecule is CC(O)C(NC(=O)C(CC(=O)O)NC(=O)C(N)CS)C(=O)NC(CCCN=C(N)N)C(=O)O. The molecule has 0 aromatic rings. The summed E-state index contributed by atoms with van der Waals surface area (Å²) in [6.07, 6.45) is -2.18. The van der Waals surface area contributed by atoms with Gasteiger partial charge in [-0.15, -0.1) is 0 Å². The van der Waals surface area contributed by atoms with Crippen molar-refractivity contribution in [3.05, 3.63) is 0 Å². The van der Waals surface area contributed by atoms with Crippen LogP contribution in [-0.2, 0) is 24.0 Å². The highest BCUT2D eigenvalue weighted by Gasteiger charge is 2.33. The Kier molecular flexibility index (Phi) is 13.5. The van der Waals surface area contributed by atoms with Crippen molar-refractivity contribution in [3.8, 4) is 0 Å². The van der Waals surface area contributed by atoms with E-state index in [1.807, 2.05) is 0 Å². The fourth-order valence-electron chi connectivity index (χ4n) is 2.43. The van der Waals surface area contributed by atoms with Gasteiger partial charge in [0.25, 0.3) is 0 Å². The Morgan fingerprint density at radius 3 is 2.00 bits per heavy atom. The van der Waals surface area contributed by atoms with Crippen LogP contribution in [0.4, 0.5) is 0 Å². The Morgan fingerprint density at radius 1 is 0.970 bits per heavy atom. The normalized spacial score (nSPS) is 15.2. The number of hydrogen-bond acceptors (Lipinski definition) is 9. The largest absolute Gasteiger partial charge is 0.481 e. The van der Waals surface area contributed by atoms with E-state index in [4.69, 9.17) is 22.3 Å². The van der Waals surface area contributed by atoms with Gasteiger partial charge in [0.1, 0.15) is 18.1 Å². The maximum atomic E-state index is 12.5. The minimum absolute atomic E-state index is 0.0579. The van der Waals surface area contributed by atoms with Crippen LogP contribution in [0.5, 0.6) is 0 Å². The van der Waals surface area contributed by atoms with Crippen molar-refractivity contribution in [2.75, 3.05) is 12.3 Å². The molecule has 0 radical (unpaired) electrons. The third kappa shape index (κ3) is 11.9. The van der Waals surface area contributed by atoms with Crippen molar-refractivity contribution >= 4 is 48.2 Å². The molecule has 0 aromatic carbocycles. The van der Waals surface area contributed by atoms with Gasteiger partial charge in [-0.1, -0.05) is 0 Å². The number of aliphatic hydroxyl groups is 1. The molecule has 0 aliphatic carbocycles. The first kappa shape index (κ1) is 29.9. The lowest BCUT2D eigenvalue weighted by atomic mass is 10.1. The average Bonchev–Trinajstić information content (AvgIpc) is 2.71. The molecule has 15 nitrogen and oxygen atoms in total. The molecule has 0 bridgehead atoms. The van der Waals surface area contributed by atoms with E-state index in [0.29, 0.717) is 0 Å². The Bertz CT molecular complexity index is 745. The number of aliphatic carboxylic acids is 2. The summed E-state index contributed by atoms with van der Waals surface area (Å²) in [5.74, 6) is -6.05. The second kappa shape index (κ2) is 14.9. The van der Waals surface area contributed by atoms with Crippen LogP contribution in [0.3, 0.4) is 0 Å². The molecule has 188 valence electrons. The molecule has 5 unspecified atom stereocenters. The number of hydrogen-bond donors (Lipinski definition) is 10. The van der Waals surface area contributed by atoms with Crippen molar-refractivity contribution in [1.82, 2.24) is 16.0 Å². The van der Waals surface area contributed by atoms with Crippen LogP contribution in [0.2, 0.25) is 0 Å². The molecular weight excluding hydrogens is 462 g/mol. The molecule has 0 spiro atoms. The number of thiol groups is 1. The average molecular weight is 494 g/mol.